The molecule has 3 N–H and O–H groups in total. The largest absolute Gasteiger partial charge is 0.416 e. The number of rotatable bonds is 3. The second kappa shape index (κ2) is 4.72. The first-order valence-corrected chi connectivity index (χ1v) is 5.98. The monoisotopic (exact) mass is 279 g/mol. The average Bonchev–Trinajstić information content (AvgIpc) is 3.08. The van der Waals surface area contributed by atoms with Gasteiger partial charge in [0.2, 0.25) is 0 Å². The molecular formula is C12H13ClF3NO. The molecular weight excluding hydrogens is 267 g/mol. The lowest BCUT2D eigenvalue weighted by molar-refractivity contribution is -0.137. The summed E-state index contributed by atoms with van der Waals surface area (Å²) < 4.78 is 37.9. The molecule has 1 aromatic carbocycles. The van der Waals surface area contributed by atoms with Crippen LogP contribution in [0.5, 0.6) is 0 Å². The van der Waals surface area contributed by atoms with E-state index in [1.807, 2.05) is 0 Å². The first-order valence-electron chi connectivity index (χ1n) is 5.60. The third-order valence-electron chi connectivity index (χ3n) is 3.11. The van der Waals surface area contributed by atoms with Crippen LogP contribution in [0.3, 0.4) is 0 Å². The van der Waals surface area contributed by atoms with Crippen LogP contribution in [0.2, 0.25) is 5.02 Å². The fraction of sp³-hybridized carbons (Fsp3) is 0.500. The van der Waals surface area contributed by atoms with Gasteiger partial charge in [-0.15, -0.1) is 0 Å². The fourth-order valence-corrected chi connectivity index (χ4v) is 2.14. The van der Waals surface area contributed by atoms with Crippen LogP contribution in [0.15, 0.2) is 18.2 Å². The lowest BCUT2D eigenvalue weighted by atomic mass is 9.97. The molecule has 0 heterocycles. The molecule has 0 unspecified atom stereocenters. The molecule has 1 aliphatic carbocycles. The van der Waals surface area contributed by atoms with Gasteiger partial charge in [0.1, 0.15) is 0 Å². The molecule has 0 spiro atoms. The lowest BCUT2D eigenvalue weighted by Gasteiger charge is -2.20. The smallest absolute Gasteiger partial charge is 0.391 e. The minimum atomic E-state index is -4.47. The first kappa shape index (κ1) is 13.6. The van der Waals surface area contributed by atoms with Crippen LogP contribution in [0.25, 0.3) is 0 Å². The first-order chi connectivity index (χ1) is 8.29. The molecule has 2 rings (SSSR count). The molecule has 0 saturated heterocycles. The number of aliphatic hydroxyl groups excluding tert-OH is 1. The van der Waals surface area contributed by atoms with Gasteiger partial charge in [-0.25, -0.2) is 0 Å². The highest BCUT2D eigenvalue weighted by molar-refractivity contribution is 6.30. The molecule has 1 aliphatic rings. The Balaban J connectivity index is 2.29. The summed E-state index contributed by atoms with van der Waals surface area (Å²) >= 11 is 5.66. The van der Waals surface area contributed by atoms with Crippen molar-refractivity contribution in [3.8, 4) is 0 Å². The molecule has 1 saturated carbocycles. The van der Waals surface area contributed by atoms with E-state index in [4.69, 9.17) is 17.3 Å². The Morgan fingerprint density at radius 3 is 2.39 bits per heavy atom. The third-order valence-corrected chi connectivity index (χ3v) is 3.32. The molecule has 0 amide bonds. The SMILES string of the molecule is N[C@H](c1cc(Cl)cc(C(F)(F)F)c1)[C@@H](O)C1CC1. The fourth-order valence-electron chi connectivity index (χ4n) is 1.90. The second-order valence-electron chi connectivity index (χ2n) is 4.62. The molecule has 18 heavy (non-hydrogen) atoms. The molecule has 100 valence electrons. The number of hydrogen-bond donors (Lipinski definition) is 2. The van der Waals surface area contributed by atoms with Gasteiger partial charge in [-0.05, 0) is 42.5 Å². The quantitative estimate of drug-likeness (QED) is 0.893. The van der Waals surface area contributed by atoms with Crippen LogP contribution in [0.4, 0.5) is 13.2 Å². The number of alkyl halides is 3. The highest BCUT2D eigenvalue weighted by atomic mass is 35.5. The number of aliphatic hydroxyl groups is 1. The predicted octanol–water partition coefficient (Wildman–Crippen LogP) is 3.13. The highest BCUT2D eigenvalue weighted by Crippen LogP contribution is 2.39. The Morgan fingerprint density at radius 1 is 1.28 bits per heavy atom. The zero-order chi connectivity index (χ0) is 13.5. The molecule has 1 aromatic rings. The van der Waals surface area contributed by atoms with E-state index in [0.717, 1.165) is 25.0 Å². The third kappa shape index (κ3) is 2.96. The van der Waals surface area contributed by atoms with Crippen molar-refractivity contribution in [1.29, 1.82) is 0 Å². The van der Waals surface area contributed by atoms with E-state index in [9.17, 15) is 18.3 Å². The number of benzene rings is 1. The maximum atomic E-state index is 12.6. The molecule has 1 fully saturated rings. The molecule has 2 nitrogen and oxygen atoms in total. The van der Waals surface area contributed by atoms with E-state index >= 15 is 0 Å². The van der Waals surface area contributed by atoms with Crippen molar-refractivity contribution < 1.29 is 18.3 Å². The van der Waals surface area contributed by atoms with Crippen LogP contribution in [-0.2, 0) is 6.18 Å². The summed E-state index contributed by atoms with van der Waals surface area (Å²) in [4.78, 5) is 0. The summed E-state index contributed by atoms with van der Waals surface area (Å²) in [5.41, 5.74) is 5.16. The van der Waals surface area contributed by atoms with Crippen molar-refractivity contribution in [2.45, 2.75) is 31.2 Å². The Morgan fingerprint density at radius 2 is 1.89 bits per heavy atom. The van der Waals surface area contributed by atoms with Crippen LogP contribution in [0.1, 0.15) is 30.0 Å². The van der Waals surface area contributed by atoms with Crippen LogP contribution in [0, 0.1) is 5.92 Å². The van der Waals surface area contributed by atoms with Crippen LogP contribution < -0.4 is 5.73 Å². The minimum Gasteiger partial charge on any atom is -0.391 e. The predicted molar refractivity (Wildman–Crippen MR) is 62.1 cm³/mol. The molecule has 0 aromatic heterocycles. The van der Waals surface area contributed by atoms with Crippen molar-refractivity contribution in [2.24, 2.45) is 11.7 Å². The lowest BCUT2D eigenvalue weighted by Crippen LogP contribution is -2.28. The number of nitrogens with two attached hydrogens (primary N) is 1. The van der Waals surface area contributed by atoms with E-state index in [1.54, 1.807) is 0 Å². The summed E-state index contributed by atoms with van der Waals surface area (Å²) in [6.45, 7) is 0. The van der Waals surface area contributed by atoms with Gasteiger partial charge in [0.15, 0.2) is 0 Å². The van der Waals surface area contributed by atoms with Gasteiger partial charge in [-0.1, -0.05) is 11.6 Å². The Kier molecular flexibility index (Phi) is 3.58. The Labute approximate surface area is 108 Å². The van der Waals surface area contributed by atoms with Gasteiger partial charge in [0.25, 0.3) is 0 Å². The van der Waals surface area contributed by atoms with Crippen molar-refractivity contribution in [3.05, 3.63) is 34.3 Å². The molecule has 0 bridgehead atoms. The summed E-state index contributed by atoms with van der Waals surface area (Å²) in [7, 11) is 0. The average molecular weight is 280 g/mol. The van der Waals surface area contributed by atoms with Gasteiger partial charge >= 0.3 is 6.18 Å². The van der Waals surface area contributed by atoms with E-state index in [1.165, 1.54) is 6.07 Å². The van der Waals surface area contributed by atoms with E-state index in [-0.39, 0.29) is 16.5 Å². The van der Waals surface area contributed by atoms with Gasteiger partial charge in [-0.2, -0.15) is 13.2 Å². The summed E-state index contributed by atoms with van der Waals surface area (Å²) in [5, 5.41) is 9.82. The second-order valence-corrected chi connectivity index (χ2v) is 5.06. The zero-order valence-electron chi connectivity index (χ0n) is 9.41. The van der Waals surface area contributed by atoms with Gasteiger partial charge < -0.3 is 10.8 Å². The highest BCUT2D eigenvalue weighted by Gasteiger charge is 2.36. The maximum absolute atomic E-state index is 12.6. The topological polar surface area (TPSA) is 46.2 Å². The van der Waals surface area contributed by atoms with Crippen molar-refractivity contribution in [2.75, 3.05) is 0 Å². The van der Waals surface area contributed by atoms with E-state index in [0.29, 0.717) is 0 Å². The summed E-state index contributed by atoms with van der Waals surface area (Å²) in [5.74, 6) is 0.0910. The van der Waals surface area contributed by atoms with E-state index in [2.05, 4.69) is 0 Å². The van der Waals surface area contributed by atoms with Crippen molar-refractivity contribution in [1.82, 2.24) is 0 Å². The minimum absolute atomic E-state index is 0.0294. The standard InChI is InChI=1S/C12H13ClF3NO/c13-9-4-7(3-8(5-9)12(14,15)16)10(17)11(18)6-1-2-6/h3-6,10-11,18H,1-2,17H2/t10-,11+/m1/s1. The Bertz CT molecular complexity index is 445. The van der Waals surface area contributed by atoms with Crippen LogP contribution >= 0.6 is 11.6 Å². The summed E-state index contributed by atoms with van der Waals surface area (Å²) in [6.07, 6.45) is -3.56. The van der Waals surface area contributed by atoms with E-state index < -0.39 is 23.9 Å². The van der Waals surface area contributed by atoms with Gasteiger partial charge in [0, 0.05) is 5.02 Å². The normalized spacial score (nSPS) is 19.7. The number of halogens is 4. The molecule has 6 heteroatoms. The zero-order valence-corrected chi connectivity index (χ0v) is 10.2. The summed E-state index contributed by atoms with van der Waals surface area (Å²) in [6, 6.07) is 2.33. The van der Waals surface area contributed by atoms with Crippen molar-refractivity contribution in [3.63, 3.8) is 0 Å². The van der Waals surface area contributed by atoms with Gasteiger partial charge in [0.05, 0.1) is 17.7 Å². The number of hydrogen-bond acceptors (Lipinski definition) is 2. The van der Waals surface area contributed by atoms with Gasteiger partial charge in [-0.3, -0.25) is 0 Å². The Hall–Kier alpha value is -0.780. The molecule has 0 radical (unpaired) electrons. The molecule has 2 atom stereocenters. The maximum Gasteiger partial charge on any atom is 0.416 e. The van der Waals surface area contributed by atoms with Crippen molar-refractivity contribution >= 4 is 11.6 Å². The molecule has 0 aliphatic heterocycles. The van der Waals surface area contributed by atoms with Crippen LogP contribution in [-0.4, -0.2) is 11.2 Å².